The molecule has 2 aromatic rings. The van der Waals surface area contributed by atoms with Crippen molar-refractivity contribution in [2.24, 2.45) is 0 Å². The maximum Gasteiger partial charge on any atom is 0.312 e. The molecule has 2 rings (SSSR count). The Morgan fingerprint density at radius 3 is 2.43 bits per heavy atom. The fourth-order valence-corrected chi connectivity index (χ4v) is 1.92. The van der Waals surface area contributed by atoms with Crippen LogP contribution in [0.25, 0.3) is 0 Å². The lowest BCUT2D eigenvalue weighted by Gasteiger charge is -2.08. The van der Waals surface area contributed by atoms with Gasteiger partial charge in [-0.1, -0.05) is 23.2 Å². The van der Waals surface area contributed by atoms with Crippen molar-refractivity contribution in [2.75, 3.05) is 0 Å². The highest BCUT2D eigenvalue weighted by molar-refractivity contribution is 6.42. The van der Waals surface area contributed by atoms with Crippen molar-refractivity contribution in [1.29, 1.82) is 0 Å². The highest BCUT2D eigenvalue weighted by Crippen LogP contribution is 2.34. The van der Waals surface area contributed by atoms with Crippen LogP contribution in [-0.4, -0.2) is 10.7 Å². The van der Waals surface area contributed by atoms with E-state index in [1.165, 1.54) is 43.3 Å². The lowest BCUT2D eigenvalue weighted by molar-refractivity contribution is -0.385. The van der Waals surface area contributed by atoms with Crippen molar-refractivity contribution in [2.45, 2.75) is 6.92 Å². The first-order valence-corrected chi connectivity index (χ1v) is 6.56. The Labute approximate surface area is 130 Å². The Hall–Kier alpha value is -2.11. The Bertz CT molecular complexity index is 731. The quantitative estimate of drug-likeness (QED) is 0.455. The number of carbonyl (C=O) groups is 1. The van der Waals surface area contributed by atoms with Gasteiger partial charge in [-0.05, 0) is 31.2 Å². The molecule has 0 aromatic heterocycles. The molecule has 5 nitrogen and oxygen atoms in total. The molecule has 0 spiro atoms. The van der Waals surface area contributed by atoms with Crippen LogP contribution in [0.15, 0.2) is 36.4 Å². The predicted molar refractivity (Wildman–Crippen MR) is 79.6 cm³/mol. The molecule has 0 heterocycles. The molecule has 0 aliphatic rings. The molecular weight excluding hydrogens is 317 g/mol. The van der Waals surface area contributed by atoms with Crippen LogP contribution in [0.5, 0.6) is 11.5 Å². The molecule has 0 bridgehead atoms. The Kier molecular flexibility index (Phi) is 4.45. The second-order valence-electron chi connectivity index (χ2n) is 4.17. The summed E-state index contributed by atoms with van der Waals surface area (Å²) in [6.45, 7) is 1.33. The lowest BCUT2D eigenvalue weighted by Crippen LogP contribution is -1.98. The first-order valence-electron chi connectivity index (χ1n) is 5.81. The number of halogens is 2. The average molecular weight is 326 g/mol. The van der Waals surface area contributed by atoms with Crippen molar-refractivity contribution in [1.82, 2.24) is 0 Å². The van der Waals surface area contributed by atoms with E-state index in [1.807, 2.05) is 0 Å². The van der Waals surface area contributed by atoms with Gasteiger partial charge in [0.05, 0.1) is 15.0 Å². The van der Waals surface area contributed by atoms with E-state index >= 15 is 0 Å². The van der Waals surface area contributed by atoms with Crippen LogP contribution in [0, 0.1) is 10.1 Å². The van der Waals surface area contributed by atoms with Crippen molar-refractivity contribution < 1.29 is 14.5 Å². The summed E-state index contributed by atoms with van der Waals surface area (Å²) in [6, 6.07) is 8.52. The molecule has 108 valence electrons. The summed E-state index contributed by atoms with van der Waals surface area (Å²) in [7, 11) is 0. The number of hydrogen-bond acceptors (Lipinski definition) is 4. The number of benzene rings is 2. The number of rotatable bonds is 4. The van der Waals surface area contributed by atoms with Gasteiger partial charge in [0.25, 0.3) is 0 Å². The zero-order valence-electron chi connectivity index (χ0n) is 10.8. The van der Waals surface area contributed by atoms with Crippen LogP contribution in [0.2, 0.25) is 10.0 Å². The normalized spacial score (nSPS) is 10.2. The van der Waals surface area contributed by atoms with Crippen LogP contribution in [0.4, 0.5) is 5.69 Å². The van der Waals surface area contributed by atoms with E-state index in [2.05, 4.69) is 0 Å². The molecule has 0 unspecified atom stereocenters. The smallest absolute Gasteiger partial charge is 0.312 e. The Morgan fingerprint density at radius 1 is 1.14 bits per heavy atom. The van der Waals surface area contributed by atoms with E-state index in [0.717, 1.165) is 0 Å². The summed E-state index contributed by atoms with van der Waals surface area (Å²) < 4.78 is 5.45. The molecule has 0 saturated carbocycles. The van der Waals surface area contributed by atoms with Crippen LogP contribution in [0.3, 0.4) is 0 Å². The number of nitrogens with zero attached hydrogens (tertiary/aromatic N) is 1. The molecule has 0 amide bonds. The summed E-state index contributed by atoms with van der Waals surface area (Å²) in [5.74, 6) is 0.0608. The van der Waals surface area contributed by atoms with Gasteiger partial charge in [-0.2, -0.15) is 0 Å². The molecule has 21 heavy (non-hydrogen) atoms. The second-order valence-corrected chi connectivity index (χ2v) is 4.99. The molecular formula is C14H9Cl2NO4. The predicted octanol–water partition coefficient (Wildman–Crippen LogP) is 4.90. The third kappa shape index (κ3) is 3.51. The summed E-state index contributed by atoms with van der Waals surface area (Å²) in [5, 5.41) is 11.7. The standard InChI is InChI=1S/C14H9Cl2NO4/c1-8(18)9-2-5-14(13(6-9)17(19)20)21-10-3-4-11(15)12(16)7-10/h2-7H,1H3. The van der Waals surface area contributed by atoms with E-state index in [9.17, 15) is 14.9 Å². The van der Waals surface area contributed by atoms with Gasteiger partial charge in [0.15, 0.2) is 5.78 Å². The van der Waals surface area contributed by atoms with Crippen LogP contribution < -0.4 is 4.74 Å². The van der Waals surface area contributed by atoms with E-state index in [-0.39, 0.29) is 27.8 Å². The molecule has 0 aliphatic heterocycles. The third-order valence-electron chi connectivity index (χ3n) is 2.68. The first-order chi connectivity index (χ1) is 9.88. The number of ether oxygens (including phenoxy) is 1. The van der Waals surface area contributed by atoms with Crippen LogP contribution in [0.1, 0.15) is 17.3 Å². The van der Waals surface area contributed by atoms with Crippen molar-refractivity contribution in [3.05, 3.63) is 62.1 Å². The maximum absolute atomic E-state index is 11.3. The number of nitro benzene ring substituents is 1. The SMILES string of the molecule is CC(=O)c1ccc(Oc2ccc(Cl)c(Cl)c2)c([N+](=O)[O-])c1. The molecule has 0 radical (unpaired) electrons. The molecule has 7 heteroatoms. The molecule has 2 aromatic carbocycles. The second kappa shape index (κ2) is 6.11. The summed E-state index contributed by atoms with van der Waals surface area (Å²) in [5.41, 5.74) is -0.0584. The van der Waals surface area contributed by atoms with E-state index in [1.54, 1.807) is 0 Å². The minimum Gasteiger partial charge on any atom is -0.450 e. The minimum atomic E-state index is -0.612. The number of Topliss-reactive ketones (excluding diaryl/α,β-unsaturated/α-hetero) is 1. The fraction of sp³-hybridized carbons (Fsp3) is 0.0714. The molecule has 0 N–H and O–H groups in total. The summed E-state index contributed by atoms with van der Waals surface area (Å²) in [6.07, 6.45) is 0. The number of nitro groups is 1. The maximum atomic E-state index is 11.3. The zero-order chi connectivity index (χ0) is 15.6. The van der Waals surface area contributed by atoms with E-state index in [0.29, 0.717) is 10.8 Å². The Balaban J connectivity index is 2.41. The van der Waals surface area contributed by atoms with E-state index < -0.39 is 4.92 Å². The van der Waals surface area contributed by atoms with Gasteiger partial charge in [-0.15, -0.1) is 0 Å². The highest BCUT2D eigenvalue weighted by atomic mass is 35.5. The number of hydrogen-bond donors (Lipinski definition) is 0. The highest BCUT2D eigenvalue weighted by Gasteiger charge is 2.18. The van der Waals surface area contributed by atoms with Gasteiger partial charge >= 0.3 is 5.69 Å². The number of ketones is 1. The van der Waals surface area contributed by atoms with E-state index in [4.69, 9.17) is 27.9 Å². The molecule has 0 fully saturated rings. The van der Waals surface area contributed by atoms with Crippen LogP contribution >= 0.6 is 23.2 Å². The monoisotopic (exact) mass is 325 g/mol. The van der Waals surface area contributed by atoms with Crippen molar-refractivity contribution >= 4 is 34.7 Å². The van der Waals surface area contributed by atoms with Gasteiger partial charge in [0.1, 0.15) is 5.75 Å². The van der Waals surface area contributed by atoms with Gasteiger partial charge in [-0.25, -0.2) is 0 Å². The van der Waals surface area contributed by atoms with Crippen molar-refractivity contribution in [3.63, 3.8) is 0 Å². The van der Waals surface area contributed by atoms with Gasteiger partial charge < -0.3 is 4.74 Å². The molecule has 0 atom stereocenters. The van der Waals surface area contributed by atoms with Gasteiger partial charge in [0.2, 0.25) is 5.75 Å². The zero-order valence-corrected chi connectivity index (χ0v) is 12.3. The van der Waals surface area contributed by atoms with Gasteiger partial charge in [-0.3, -0.25) is 14.9 Å². The molecule has 0 aliphatic carbocycles. The summed E-state index contributed by atoms with van der Waals surface area (Å²) in [4.78, 5) is 21.7. The minimum absolute atomic E-state index is 0.0170. The first kappa shape index (κ1) is 15.3. The fourth-order valence-electron chi connectivity index (χ4n) is 1.63. The topological polar surface area (TPSA) is 69.4 Å². The number of carbonyl (C=O) groups excluding carboxylic acids is 1. The lowest BCUT2D eigenvalue weighted by atomic mass is 10.1. The average Bonchev–Trinajstić information content (AvgIpc) is 2.43. The molecule has 0 saturated heterocycles. The summed E-state index contributed by atoms with van der Waals surface area (Å²) >= 11 is 11.6. The third-order valence-corrected chi connectivity index (χ3v) is 3.42. The Morgan fingerprint density at radius 2 is 1.86 bits per heavy atom. The largest absolute Gasteiger partial charge is 0.450 e. The van der Waals surface area contributed by atoms with Crippen LogP contribution in [-0.2, 0) is 0 Å². The van der Waals surface area contributed by atoms with Gasteiger partial charge in [0, 0.05) is 17.7 Å². The van der Waals surface area contributed by atoms with Crippen molar-refractivity contribution in [3.8, 4) is 11.5 Å².